The third-order valence-electron chi connectivity index (χ3n) is 8.84. The predicted octanol–water partition coefficient (Wildman–Crippen LogP) is 3.68. The smallest absolute Gasteiger partial charge is 0.235 e. The topological polar surface area (TPSA) is 95.0 Å². The Kier molecular flexibility index (Phi) is 6.17. The first-order valence-electron chi connectivity index (χ1n) is 13.3. The normalized spacial score (nSPS) is 26.5. The predicted molar refractivity (Wildman–Crippen MR) is 141 cm³/mol. The van der Waals surface area contributed by atoms with Gasteiger partial charge in [0.15, 0.2) is 0 Å². The van der Waals surface area contributed by atoms with Crippen LogP contribution in [0, 0.1) is 0 Å². The van der Waals surface area contributed by atoms with Crippen LogP contribution in [0.1, 0.15) is 56.6 Å². The SMILES string of the molecule is CC[C@]1(O)C[C@@H](N2C(=O)CCc3cc(OCCN4CCC5(CC4)C(=O)Nc4ccc(Cl)cc45)cnc32)C1. The molecule has 2 amide bonds. The number of aromatic nitrogens is 1. The van der Waals surface area contributed by atoms with Crippen molar-refractivity contribution in [3.63, 3.8) is 0 Å². The molecule has 1 aromatic heterocycles. The van der Waals surface area contributed by atoms with E-state index in [1.54, 1.807) is 11.1 Å². The fraction of sp³-hybridized carbons (Fsp3) is 0.536. The van der Waals surface area contributed by atoms with Gasteiger partial charge in [0.25, 0.3) is 0 Å². The minimum absolute atomic E-state index is 0.0168. The van der Waals surface area contributed by atoms with Gasteiger partial charge in [0.2, 0.25) is 11.8 Å². The molecule has 0 atom stereocenters. The minimum atomic E-state index is -0.655. The first-order chi connectivity index (χ1) is 17.8. The number of aryl methyl sites for hydroxylation is 1. The van der Waals surface area contributed by atoms with Crippen molar-refractivity contribution in [3.05, 3.63) is 46.6 Å². The van der Waals surface area contributed by atoms with E-state index in [-0.39, 0.29) is 17.9 Å². The number of rotatable bonds is 6. The van der Waals surface area contributed by atoms with Crippen molar-refractivity contribution in [2.45, 2.75) is 68.9 Å². The maximum atomic E-state index is 12.9. The van der Waals surface area contributed by atoms with E-state index in [0.717, 1.165) is 49.3 Å². The average Bonchev–Trinajstić information content (AvgIpc) is 3.14. The van der Waals surface area contributed by atoms with Crippen LogP contribution in [-0.4, -0.2) is 64.7 Å². The molecule has 1 saturated carbocycles. The molecule has 4 aliphatic rings. The molecule has 0 unspecified atom stereocenters. The van der Waals surface area contributed by atoms with Crippen LogP contribution in [0.4, 0.5) is 11.5 Å². The molecule has 0 radical (unpaired) electrons. The number of piperidine rings is 1. The molecule has 3 aliphatic heterocycles. The highest BCUT2D eigenvalue weighted by atomic mass is 35.5. The number of likely N-dealkylation sites (tertiary alicyclic amines) is 1. The second-order valence-electron chi connectivity index (χ2n) is 11.0. The van der Waals surface area contributed by atoms with Crippen LogP contribution in [0.25, 0.3) is 0 Å². The minimum Gasteiger partial charge on any atom is -0.491 e. The summed E-state index contributed by atoms with van der Waals surface area (Å²) in [5.41, 5.74) is 1.78. The average molecular weight is 525 g/mol. The molecule has 196 valence electrons. The van der Waals surface area contributed by atoms with Gasteiger partial charge in [-0.05, 0) is 87.0 Å². The van der Waals surface area contributed by atoms with Crippen LogP contribution in [0.2, 0.25) is 5.02 Å². The Hall–Kier alpha value is -2.68. The zero-order chi connectivity index (χ0) is 25.8. The maximum Gasteiger partial charge on any atom is 0.235 e. The lowest BCUT2D eigenvalue weighted by Crippen LogP contribution is -2.58. The number of fused-ring (bicyclic) bond motifs is 3. The summed E-state index contributed by atoms with van der Waals surface area (Å²) in [5, 5.41) is 14.1. The summed E-state index contributed by atoms with van der Waals surface area (Å²) in [5.74, 6) is 1.58. The van der Waals surface area contributed by atoms with Gasteiger partial charge in [0.1, 0.15) is 18.2 Å². The van der Waals surface area contributed by atoms with Crippen molar-refractivity contribution in [2.75, 3.05) is 36.5 Å². The molecular weight excluding hydrogens is 492 g/mol. The van der Waals surface area contributed by atoms with Gasteiger partial charge >= 0.3 is 0 Å². The number of hydrogen-bond donors (Lipinski definition) is 2. The van der Waals surface area contributed by atoms with Gasteiger partial charge in [-0.1, -0.05) is 18.5 Å². The summed E-state index contributed by atoms with van der Waals surface area (Å²) >= 11 is 6.23. The Bertz CT molecular complexity index is 1240. The fourth-order valence-electron chi connectivity index (χ4n) is 6.44. The van der Waals surface area contributed by atoms with Crippen LogP contribution in [-0.2, 0) is 21.4 Å². The van der Waals surface area contributed by atoms with E-state index in [9.17, 15) is 14.7 Å². The molecule has 1 aliphatic carbocycles. The summed E-state index contributed by atoms with van der Waals surface area (Å²) < 4.78 is 6.05. The number of carbonyl (C=O) groups is 2. The Morgan fingerprint density at radius 1 is 1.19 bits per heavy atom. The van der Waals surface area contributed by atoms with Crippen molar-refractivity contribution in [2.24, 2.45) is 0 Å². The second kappa shape index (κ2) is 9.26. The van der Waals surface area contributed by atoms with Gasteiger partial charge in [-0.15, -0.1) is 0 Å². The van der Waals surface area contributed by atoms with Crippen molar-refractivity contribution in [1.82, 2.24) is 9.88 Å². The largest absolute Gasteiger partial charge is 0.491 e. The van der Waals surface area contributed by atoms with Crippen LogP contribution < -0.4 is 15.0 Å². The first-order valence-corrected chi connectivity index (χ1v) is 13.7. The number of halogens is 1. The van der Waals surface area contributed by atoms with Crippen LogP contribution >= 0.6 is 11.6 Å². The van der Waals surface area contributed by atoms with Crippen LogP contribution in [0.15, 0.2) is 30.5 Å². The summed E-state index contributed by atoms with van der Waals surface area (Å²) in [4.78, 5) is 34.2. The molecule has 1 aromatic carbocycles. The van der Waals surface area contributed by atoms with E-state index in [1.165, 1.54) is 0 Å². The van der Waals surface area contributed by atoms with Gasteiger partial charge in [-0.3, -0.25) is 19.4 Å². The number of pyridine rings is 1. The monoisotopic (exact) mass is 524 g/mol. The Balaban J connectivity index is 1.04. The summed E-state index contributed by atoms with van der Waals surface area (Å²) in [6, 6.07) is 7.66. The molecule has 2 aromatic rings. The van der Waals surface area contributed by atoms with E-state index in [2.05, 4.69) is 15.2 Å². The molecule has 4 heterocycles. The Labute approximate surface area is 221 Å². The van der Waals surface area contributed by atoms with Crippen molar-refractivity contribution >= 4 is 34.9 Å². The van der Waals surface area contributed by atoms with Gasteiger partial charge in [-0.25, -0.2) is 4.98 Å². The van der Waals surface area contributed by atoms with Gasteiger partial charge < -0.3 is 15.2 Å². The highest BCUT2D eigenvalue weighted by molar-refractivity contribution is 6.31. The van der Waals surface area contributed by atoms with E-state index >= 15 is 0 Å². The van der Waals surface area contributed by atoms with Crippen LogP contribution in [0.3, 0.4) is 0 Å². The molecule has 0 bridgehead atoms. The number of anilines is 2. The summed E-state index contributed by atoms with van der Waals surface area (Å²) in [6.07, 6.45) is 6.22. The van der Waals surface area contributed by atoms with E-state index < -0.39 is 11.0 Å². The molecule has 1 spiro atoms. The van der Waals surface area contributed by atoms with Crippen molar-refractivity contribution in [1.29, 1.82) is 0 Å². The van der Waals surface area contributed by atoms with Crippen molar-refractivity contribution < 1.29 is 19.4 Å². The highest BCUT2D eigenvalue weighted by Gasteiger charge is 2.49. The lowest BCUT2D eigenvalue weighted by Gasteiger charge is -2.49. The number of aliphatic hydroxyl groups is 1. The van der Waals surface area contributed by atoms with Crippen LogP contribution in [0.5, 0.6) is 5.75 Å². The Morgan fingerprint density at radius 2 is 1.97 bits per heavy atom. The number of benzene rings is 1. The number of ether oxygens (including phenoxy) is 1. The van der Waals surface area contributed by atoms with Gasteiger partial charge in [0, 0.05) is 29.7 Å². The first kappa shape index (κ1) is 24.6. The molecule has 2 N–H and O–H groups in total. The molecule has 8 nitrogen and oxygen atoms in total. The lowest BCUT2D eigenvalue weighted by atomic mass is 9.73. The number of nitrogens with one attached hydrogen (secondary N) is 1. The lowest BCUT2D eigenvalue weighted by molar-refractivity contribution is -0.123. The Morgan fingerprint density at radius 3 is 2.73 bits per heavy atom. The number of amides is 2. The van der Waals surface area contributed by atoms with E-state index in [1.807, 2.05) is 31.2 Å². The molecule has 9 heteroatoms. The van der Waals surface area contributed by atoms with E-state index in [0.29, 0.717) is 55.3 Å². The third-order valence-corrected chi connectivity index (χ3v) is 9.08. The van der Waals surface area contributed by atoms with Gasteiger partial charge in [-0.2, -0.15) is 0 Å². The van der Waals surface area contributed by atoms with Crippen molar-refractivity contribution in [3.8, 4) is 5.75 Å². The quantitative estimate of drug-likeness (QED) is 0.598. The standard InChI is InChI=1S/C28H33ClN4O4/c1-2-27(36)15-20(16-27)33-24(34)6-3-18-13-21(17-30-25(18)33)37-12-11-32-9-7-28(8-10-32)22-14-19(29)4-5-23(22)31-26(28)35/h4-5,13-14,17,20,36H,2-3,6-12,15-16H2,1H3,(H,31,35)/t20-,27+. The zero-order valence-corrected chi connectivity index (χ0v) is 21.9. The highest BCUT2D eigenvalue weighted by Crippen LogP contribution is 2.46. The molecule has 37 heavy (non-hydrogen) atoms. The summed E-state index contributed by atoms with van der Waals surface area (Å²) in [7, 11) is 0. The molecule has 1 saturated heterocycles. The van der Waals surface area contributed by atoms with E-state index in [4.69, 9.17) is 16.3 Å². The third kappa shape index (κ3) is 4.29. The second-order valence-corrected chi connectivity index (χ2v) is 11.4. The zero-order valence-electron chi connectivity index (χ0n) is 21.1. The molecule has 2 fully saturated rings. The number of carbonyl (C=O) groups excluding carboxylic acids is 2. The van der Waals surface area contributed by atoms with Gasteiger partial charge in [0.05, 0.1) is 17.2 Å². The maximum absolute atomic E-state index is 12.9. The number of nitrogens with zero attached hydrogens (tertiary/aromatic N) is 3. The molecule has 6 rings (SSSR count). The molecular formula is C28H33ClN4O4. The fourth-order valence-corrected chi connectivity index (χ4v) is 6.61. The summed E-state index contributed by atoms with van der Waals surface area (Å²) in [6.45, 7) is 4.89. The number of hydrogen-bond acceptors (Lipinski definition) is 6.